The van der Waals surface area contributed by atoms with Gasteiger partial charge in [-0.15, -0.1) is 11.3 Å². The van der Waals surface area contributed by atoms with Crippen molar-refractivity contribution in [2.45, 2.75) is 0 Å². The Hall–Kier alpha value is -8.30. The van der Waals surface area contributed by atoms with Gasteiger partial charge in [-0.1, -0.05) is 188 Å². The predicted octanol–water partition coefficient (Wildman–Crippen LogP) is 18.7. The van der Waals surface area contributed by atoms with Gasteiger partial charge in [-0.3, -0.25) is 0 Å². The highest BCUT2D eigenvalue weighted by atomic mass is 32.1. The molecule has 0 fully saturated rings. The molecule has 11 aromatic carbocycles. The lowest BCUT2D eigenvalue weighted by Crippen LogP contribution is -2.10. The highest BCUT2D eigenvalue weighted by Gasteiger charge is 2.16. The SMILES string of the molecule is c1ccc(-c2cc(-c3ccccc3)cc(-c3ccc(N(c4ccc(-c5ccc6c(c5)sc5ccccc56)cc4)c4cccc(-c5cccc(-c6cccc7ccccc67)c5)c4)cc3)c2)cc1. The highest BCUT2D eigenvalue weighted by Crippen LogP contribution is 2.42. The Balaban J connectivity index is 0.943. The van der Waals surface area contributed by atoms with Crippen molar-refractivity contribution in [2.75, 3.05) is 4.90 Å². The van der Waals surface area contributed by atoms with E-state index < -0.39 is 0 Å². The van der Waals surface area contributed by atoms with Crippen LogP contribution in [0, 0.1) is 0 Å². The van der Waals surface area contributed by atoms with Crippen LogP contribution >= 0.6 is 11.3 Å². The lowest BCUT2D eigenvalue weighted by Gasteiger charge is -2.26. The van der Waals surface area contributed by atoms with Gasteiger partial charge in [0.25, 0.3) is 0 Å². The van der Waals surface area contributed by atoms with Gasteiger partial charge in [-0.25, -0.2) is 0 Å². The van der Waals surface area contributed by atoms with Gasteiger partial charge in [0.15, 0.2) is 0 Å². The van der Waals surface area contributed by atoms with Crippen LogP contribution in [0.25, 0.3) is 97.7 Å². The fraction of sp³-hybridized carbons (Fsp3) is 0. The van der Waals surface area contributed by atoms with Gasteiger partial charge in [0.2, 0.25) is 0 Å². The number of nitrogens with zero attached hydrogens (tertiary/aromatic N) is 1. The zero-order chi connectivity index (χ0) is 43.8. The van der Waals surface area contributed by atoms with Gasteiger partial charge in [-0.05, 0) is 150 Å². The van der Waals surface area contributed by atoms with E-state index in [0.29, 0.717) is 0 Å². The van der Waals surface area contributed by atoms with Crippen LogP contribution in [-0.2, 0) is 0 Å². The zero-order valence-electron chi connectivity index (χ0n) is 36.2. The molecule has 0 atom stereocenters. The van der Waals surface area contributed by atoms with Gasteiger partial charge in [0, 0.05) is 37.2 Å². The molecular weight excluding hydrogens is 815 g/mol. The molecule has 1 nitrogen and oxygen atoms in total. The highest BCUT2D eigenvalue weighted by molar-refractivity contribution is 7.25. The van der Waals surface area contributed by atoms with Crippen LogP contribution < -0.4 is 4.90 Å². The maximum absolute atomic E-state index is 2.39. The van der Waals surface area contributed by atoms with Crippen molar-refractivity contribution in [2.24, 2.45) is 0 Å². The van der Waals surface area contributed by atoms with Gasteiger partial charge < -0.3 is 4.90 Å². The Bertz CT molecular complexity index is 3620. The molecule has 66 heavy (non-hydrogen) atoms. The van der Waals surface area contributed by atoms with Gasteiger partial charge in [0.1, 0.15) is 0 Å². The summed E-state index contributed by atoms with van der Waals surface area (Å²) in [7, 11) is 0. The normalized spacial score (nSPS) is 11.3. The molecule has 0 aliphatic rings. The largest absolute Gasteiger partial charge is 0.310 e. The Morgan fingerprint density at radius 1 is 0.227 bits per heavy atom. The molecule has 0 saturated heterocycles. The number of hydrogen-bond donors (Lipinski definition) is 0. The first-order chi connectivity index (χ1) is 32.7. The van der Waals surface area contributed by atoms with Crippen molar-refractivity contribution >= 4 is 59.3 Å². The standard InChI is InChI=1S/C64H43NS/c1-3-14-44(15-4-1)53-39-54(45-16-5-2-6-17-45)41-55(40-53)47-30-35-57(36-31-47)65(56-33-28-46(29-34-56)51-32-37-62-61-25-9-10-27-63(61)66-64(62)43-51)58-23-12-21-50(42-58)49-20-11-22-52(38-49)60-26-13-19-48-18-7-8-24-59(48)60/h1-43H. The third-order valence-electron chi connectivity index (χ3n) is 12.8. The monoisotopic (exact) mass is 857 g/mol. The molecule has 0 amide bonds. The van der Waals surface area contributed by atoms with Crippen LogP contribution in [0.2, 0.25) is 0 Å². The van der Waals surface area contributed by atoms with Crippen molar-refractivity contribution in [1.29, 1.82) is 0 Å². The number of anilines is 3. The molecule has 0 saturated carbocycles. The summed E-state index contributed by atoms with van der Waals surface area (Å²) in [6.45, 7) is 0. The minimum Gasteiger partial charge on any atom is -0.310 e. The average Bonchev–Trinajstić information content (AvgIpc) is 3.77. The van der Waals surface area contributed by atoms with Crippen LogP contribution in [-0.4, -0.2) is 0 Å². The van der Waals surface area contributed by atoms with Gasteiger partial charge in [-0.2, -0.15) is 0 Å². The smallest absolute Gasteiger partial charge is 0.0467 e. The molecule has 0 spiro atoms. The third kappa shape index (κ3) is 7.54. The minimum absolute atomic E-state index is 1.09. The molecule has 0 aliphatic heterocycles. The Labute approximate surface area is 389 Å². The van der Waals surface area contributed by atoms with Crippen molar-refractivity contribution in [1.82, 2.24) is 0 Å². The van der Waals surface area contributed by atoms with E-state index in [1.165, 1.54) is 92.1 Å². The summed E-state index contributed by atoms with van der Waals surface area (Å²) in [5.74, 6) is 0. The van der Waals surface area contributed by atoms with Crippen molar-refractivity contribution in [3.8, 4) is 66.8 Å². The Kier molecular flexibility index (Phi) is 10.1. The molecule has 12 aromatic rings. The first kappa shape index (κ1) is 39.3. The van der Waals surface area contributed by atoms with E-state index in [0.717, 1.165) is 22.6 Å². The van der Waals surface area contributed by atoms with Gasteiger partial charge >= 0.3 is 0 Å². The summed E-state index contributed by atoms with van der Waals surface area (Å²) in [6.07, 6.45) is 0. The number of benzene rings is 11. The van der Waals surface area contributed by atoms with Crippen LogP contribution in [0.4, 0.5) is 17.1 Å². The molecular formula is C64H43NS. The second-order valence-corrected chi connectivity index (χ2v) is 18.0. The Morgan fingerprint density at radius 2 is 0.667 bits per heavy atom. The molecule has 0 bridgehead atoms. The van der Waals surface area contributed by atoms with Crippen molar-refractivity contribution in [3.05, 3.63) is 261 Å². The number of thiophene rings is 1. The lowest BCUT2D eigenvalue weighted by atomic mass is 9.93. The van der Waals surface area contributed by atoms with Crippen molar-refractivity contribution < 1.29 is 0 Å². The molecule has 310 valence electrons. The summed E-state index contributed by atoms with van der Waals surface area (Å²) in [5, 5.41) is 5.15. The first-order valence-electron chi connectivity index (χ1n) is 22.6. The van der Waals surface area contributed by atoms with E-state index >= 15 is 0 Å². The third-order valence-corrected chi connectivity index (χ3v) is 14.0. The lowest BCUT2D eigenvalue weighted by molar-refractivity contribution is 1.28. The molecule has 1 heterocycles. The quantitative estimate of drug-likeness (QED) is 0.140. The molecule has 1 aromatic heterocycles. The molecule has 0 N–H and O–H groups in total. The van der Waals surface area contributed by atoms with Crippen LogP contribution in [0.15, 0.2) is 261 Å². The molecule has 0 radical (unpaired) electrons. The summed E-state index contributed by atoms with van der Waals surface area (Å²) in [4.78, 5) is 2.39. The molecule has 0 aliphatic carbocycles. The van der Waals surface area contributed by atoms with E-state index in [1.807, 2.05) is 11.3 Å². The Morgan fingerprint density at radius 3 is 1.35 bits per heavy atom. The second kappa shape index (κ2) is 17.0. The molecule has 12 rings (SSSR count). The first-order valence-corrected chi connectivity index (χ1v) is 23.4. The molecule has 0 unspecified atom stereocenters. The number of fused-ring (bicyclic) bond motifs is 4. The maximum atomic E-state index is 2.39. The minimum atomic E-state index is 1.09. The predicted molar refractivity (Wildman–Crippen MR) is 284 cm³/mol. The van der Waals surface area contributed by atoms with E-state index in [9.17, 15) is 0 Å². The van der Waals surface area contributed by atoms with E-state index in [2.05, 4.69) is 266 Å². The summed E-state index contributed by atoms with van der Waals surface area (Å²) in [5.41, 5.74) is 17.6. The fourth-order valence-electron chi connectivity index (χ4n) is 9.52. The van der Waals surface area contributed by atoms with Gasteiger partial charge in [0.05, 0.1) is 0 Å². The van der Waals surface area contributed by atoms with E-state index in [1.54, 1.807) is 0 Å². The average molecular weight is 858 g/mol. The molecule has 2 heteroatoms. The van der Waals surface area contributed by atoms with Crippen molar-refractivity contribution in [3.63, 3.8) is 0 Å². The van der Waals surface area contributed by atoms with E-state index in [4.69, 9.17) is 0 Å². The fourth-order valence-corrected chi connectivity index (χ4v) is 10.7. The maximum Gasteiger partial charge on any atom is 0.0467 e. The zero-order valence-corrected chi connectivity index (χ0v) is 37.0. The van der Waals surface area contributed by atoms with Crippen LogP contribution in [0.3, 0.4) is 0 Å². The second-order valence-electron chi connectivity index (χ2n) is 16.9. The number of hydrogen-bond acceptors (Lipinski definition) is 2. The number of rotatable bonds is 9. The van der Waals surface area contributed by atoms with E-state index in [-0.39, 0.29) is 0 Å². The van der Waals surface area contributed by atoms with Crippen LogP contribution in [0.1, 0.15) is 0 Å². The summed E-state index contributed by atoms with van der Waals surface area (Å²) >= 11 is 1.86. The van der Waals surface area contributed by atoms with Crippen LogP contribution in [0.5, 0.6) is 0 Å². The summed E-state index contributed by atoms with van der Waals surface area (Å²) < 4.78 is 2.63. The topological polar surface area (TPSA) is 3.24 Å². The summed E-state index contributed by atoms with van der Waals surface area (Å²) in [6, 6.07) is 95.2.